The van der Waals surface area contributed by atoms with Crippen molar-refractivity contribution in [2.24, 2.45) is 0 Å². The molecule has 1 N–H and O–H groups in total. The number of hydrogen-bond acceptors (Lipinski definition) is 3. The van der Waals surface area contributed by atoms with E-state index in [0.717, 1.165) is 41.5 Å². The third-order valence-electron chi connectivity index (χ3n) is 3.63. The molecule has 1 aromatic rings. The molecule has 2 nitrogen and oxygen atoms in total. The van der Waals surface area contributed by atoms with Crippen molar-refractivity contribution < 1.29 is 5.11 Å². The van der Waals surface area contributed by atoms with E-state index in [4.69, 9.17) is 11.6 Å². The highest BCUT2D eigenvalue weighted by atomic mass is 35.5. The maximum atomic E-state index is 9.59. The predicted molar refractivity (Wildman–Crippen MR) is 85.5 cm³/mol. The van der Waals surface area contributed by atoms with E-state index in [-0.39, 0.29) is 0 Å². The van der Waals surface area contributed by atoms with Gasteiger partial charge in [0.05, 0.1) is 16.8 Å². The van der Waals surface area contributed by atoms with Crippen LogP contribution >= 0.6 is 23.4 Å². The lowest BCUT2D eigenvalue weighted by Crippen LogP contribution is -2.27. The SMILES string of the molecule is C[C@H](O)c1ccc(N2CCSC(C)(C)CC2)c(Cl)c1. The maximum Gasteiger partial charge on any atom is 0.0762 e. The summed E-state index contributed by atoms with van der Waals surface area (Å²) < 4.78 is 0.348. The quantitative estimate of drug-likeness (QED) is 0.889. The third-order valence-corrected chi connectivity index (χ3v) is 5.31. The van der Waals surface area contributed by atoms with Crippen molar-refractivity contribution >= 4 is 29.1 Å². The van der Waals surface area contributed by atoms with Gasteiger partial charge in [0.25, 0.3) is 0 Å². The van der Waals surface area contributed by atoms with Crippen LogP contribution in [-0.4, -0.2) is 28.7 Å². The first-order chi connectivity index (χ1) is 8.89. The van der Waals surface area contributed by atoms with Gasteiger partial charge in [-0.2, -0.15) is 11.8 Å². The number of halogens is 1. The summed E-state index contributed by atoms with van der Waals surface area (Å²) in [6.45, 7) is 8.44. The zero-order valence-electron chi connectivity index (χ0n) is 11.8. The number of rotatable bonds is 2. The van der Waals surface area contributed by atoms with E-state index in [0.29, 0.717) is 4.75 Å². The molecule has 1 atom stereocenters. The summed E-state index contributed by atoms with van der Waals surface area (Å²) in [6.07, 6.45) is 0.691. The van der Waals surface area contributed by atoms with Gasteiger partial charge in [0.2, 0.25) is 0 Å². The summed E-state index contributed by atoms with van der Waals surface area (Å²) in [4.78, 5) is 2.36. The zero-order chi connectivity index (χ0) is 14.0. The van der Waals surface area contributed by atoms with Crippen LogP contribution in [0.5, 0.6) is 0 Å². The number of benzene rings is 1. The van der Waals surface area contributed by atoms with Gasteiger partial charge in [0, 0.05) is 23.6 Å². The fourth-order valence-corrected chi connectivity index (χ4v) is 3.71. The van der Waals surface area contributed by atoms with Crippen LogP contribution in [0.4, 0.5) is 5.69 Å². The average molecular weight is 300 g/mol. The van der Waals surface area contributed by atoms with Crippen molar-refractivity contribution in [3.05, 3.63) is 28.8 Å². The Morgan fingerprint density at radius 3 is 2.74 bits per heavy atom. The van der Waals surface area contributed by atoms with Gasteiger partial charge < -0.3 is 10.0 Å². The van der Waals surface area contributed by atoms with Crippen LogP contribution < -0.4 is 4.90 Å². The lowest BCUT2D eigenvalue weighted by atomic mass is 10.1. The topological polar surface area (TPSA) is 23.5 Å². The van der Waals surface area contributed by atoms with E-state index in [9.17, 15) is 5.11 Å². The van der Waals surface area contributed by atoms with Crippen LogP contribution in [0, 0.1) is 0 Å². The molecule has 1 fully saturated rings. The van der Waals surface area contributed by atoms with Crippen molar-refractivity contribution in [3.63, 3.8) is 0 Å². The van der Waals surface area contributed by atoms with Crippen molar-refractivity contribution in [2.75, 3.05) is 23.7 Å². The first-order valence-electron chi connectivity index (χ1n) is 6.75. The number of nitrogens with zero attached hydrogens (tertiary/aromatic N) is 1. The van der Waals surface area contributed by atoms with Gasteiger partial charge in [0.15, 0.2) is 0 Å². The van der Waals surface area contributed by atoms with Crippen molar-refractivity contribution in [3.8, 4) is 0 Å². The number of aliphatic hydroxyl groups is 1. The molecule has 1 heterocycles. The summed E-state index contributed by atoms with van der Waals surface area (Å²) >= 11 is 8.40. The Kier molecular flexibility index (Phi) is 4.70. The molecule has 0 bridgehead atoms. The molecule has 1 aromatic carbocycles. The molecule has 0 unspecified atom stereocenters. The second-order valence-electron chi connectivity index (χ2n) is 5.73. The fourth-order valence-electron chi connectivity index (χ4n) is 2.30. The number of anilines is 1. The predicted octanol–water partition coefficient (Wildman–Crippen LogP) is 4.12. The summed E-state index contributed by atoms with van der Waals surface area (Å²) in [5, 5.41) is 10.3. The minimum absolute atomic E-state index is 0.348. The molecule has 2 rings (SSSR count). The van der Waals surface area contributed by atoms with Crippen LogP contribution in [0.1, 0.15) is 38.9 Å². The Morgan fingerprint density at radius 2 is 2.11 bits per heavy atom. The summed E-state index contributed by atoms with van der Waals surface area (Å²) in [5.74, 6) is 1.13. The van der Waals surface area contributed by atoms with E-state index >= 15 is 0 Å². The van der Waals surface area contributed by atoms with E-state index in [2.05, 4.69) is 18.7 Å². The Labute approximate surface area is 125 Å². The number of hydrogen-bond donors (Lipinski definition) is 1. The number of aliphatic hydroxyl groups excluding tert-OH is 1. The molecule has 1 aliphatic heterocycles. The van der Waals surface area contributed by atoms with Gasteiger partial charge in [-0.25, -0.2) is 0 Å². The van der Waals surface area contributed by atoms with Crippen LogP contribution in [0.15, 0.2) is 18.2 Å². The highest BCUT2D eigenvalue weighted by Gasteiger charge is 2.24. The molecule has 0 aliphatic carbocycles. The largest absolute Gasteiger partial charge is 0.389 e. The Balaban J connectivity index is 2.18. The fraction of sp³-hybridized carbons (Fsp3) is 0.600. The van der Waals surface area contributed by atoms with E-state index < -0.39 is 6.10 Å². The highest BCUT2D eigenvalue weighted by Crippen LogP contribution is 2.35. The van der Waals surface area contributed by atoms with E-state index in [1.165, 1.54) is 0 Å². The summed E-state index contributed by atoms with van der Waals surface area (Å²) in [6, 6.07) is 5.88. The summed E-state index contributed by atoms with van der Waals surface area (Å²) in [5.41, 5.74) is 1.96. The number of thioether (sulfide) groups is 1. The van der Waals surface area contributed by atoms with Gasteiger partial charge in [-0.15, -0.1) is 0 Å². The molecule has 0 radical (unpaired) electrons. The molecule has 4 heteroatoms. The van der Waals surface area contributed by atoms with E-state index in [1.807, 2.05) is 30.0 Å². The van der Waals surface area contributed by atoms with Crippen LogP contribution in [0.25, 0.3) is 0 Å². The molecule has 0 spiro atoms. The standard InChI is InChI=1S/C15H22ClNOS/c1-11(18)12-4-5-14(13(16)10-12)17-7-6-15(2,3)19-9-8-17/h4-5,10-11,18H,6-9H2,1-3H3/t11-/m0/s1. The smallest absolute Gasteiger partial charge is 0.0762 e. The lowest BCUT2D eigenvalue weighted by Gasteiger charge is -2.25. The van der Waals surface area contributed by atoms with Gasteiger partial charge >= 0.3 is 0 Å². The van der Waals surface area contributed by atoms with Gasteiger partial charge in [-0.05, 0) is 31.0 Å². The van der Waals surface area contributed by atoms with E-state index in [1.54, 1.807) is 6.92 Å². The Hall–Kier alpha value is -0.380. The monoisotopic (exact) mass is 299 g/mol. The average Bonchev–Trinajstić information content (AvgIpc) is 2.50. The molecule has 106 valence electrons. The first kappa shape index (κ1) is 15.0. The third kappa shape index (κ3) is 3.80. The normalized spacial score (nSPS) is 21.0. The van der Waals surface area contributed by atoms with Crippen LogP contribution in [0.2, 0.25) is 5.02 Å². The molecule has 1 saturated heterocycles. The minimum Gasteiger partial charge on any atom is -0.389 e. The molecular formula is C15H22ClNOS. The Morgan fingerprint density at radius 1 is 1.37 bits per heavy atom. The molecule has 0 saturated carbocycles. The second-order valence-corrected chi connectivity index (χ2v) is 7.94. The molecule has 0 amide bonds. The zero-order valence-corrected chi connectivity index (χ0v) is 13.4. The second kappa shape index (κ2) is 5.94. The van der Waals surface area contributed by atoms with Gasteiger partial charge in [-0.3, -0.25) is 0 Å². The highest BCUT2D eigenvalue weighted by molar-refractivity contribution is 8.00. The lowest BCUT2D eigenvalue weighted by molar-refractivity contribution is 0.199. The molecule has 0 aromatic heterocycles. The van der Waals surface area contributed by atoms with Gasteiger partial charge in [0.1, 0.15) is 0 Å². The molecular weight excluding hydrogens is 278 g/mol. The van der Waals surface area contributed by atoms with Gasteiger partial charge in [-0.1, -0.05) is 31.5 Å². The van der Waals surface area contributed by atoms with Crippen molar-refractivity contribution in [1.29, 1.82) is 0 Å². The molecule has 1 aliphatic rings. The first-order valence-corrected chi connectivity index (χ1v) is 8.12. The molecule has 19 heavy (non-hydrogen) atoms. The minimum atomic E-state index is -0.467. The Bertz CT molecular complexity index is 448. The maximum absolute atomic E-state index is 9.59. The summed E-state index contributed by atoms with van der Waals surface area (Å²) in [7, 11) is 0. The van der Waals surface area contributed by atoms with Crippen LogP contribution in [0.3, 0.4) is 0 Å². The van der Waals surface area contributed by atoms with Crippen molar-refractivity contribution in [2.45, 2.75) is 38.0 Å². The van der Waals surface area contributed by atoms with Crippen LogP contribution in [-0.2, 0) is 0 Å². The van der Waals surface area contributed by atoms with Crippen molar-refractivity contribution in [1.82, 2.24) is 0 Å².